The van der Waals surface area contributed by atoms with Gasteiger partial charge in [0, 0.05) is 19.6 Å². The van der Waals surface area contributed by atoms with Crippen LogP contribution in [-0.4, -0.2) is 64.4 Å². The van der Waals surface area contributed by atoms with Crippen molar-refractivity contribution in [3.63, 3.8) is 0 Å². The Bertz CT molecular complexity index is 746. The third-order valence-corrected chi connectivity index (χ3v) is 7.30. The molecule has 0 atom stereocenters. The molecule has 0 amide bonds. The maximum Gasteiger partial charge on any atom is 0.337 e. The molecule has 0 unspecified atom stereocenters. The number of rotatable bonds is 8. The summed E-state index contributed by atoms with van der Waals surface area (Å²) >= 11 is 6.24. The van der Waals surface area contributed by atoms with Crippen LogP contribution in [0.5, 0.6) is 0 Å². The van der Waals surface area contributed by atoms with E-state index in [-0.39, 0.29) is 15.5 Å². The lowest BCUT2D eigenvalue weighted by Crippen LogP contribution is -2.40. The van der Waals surface area contributed by atoms with Crippen molar-refractivity contribution >= 4 is 27.6 Å². The lowest BCUT2D eigenvalue weighted by atomic mass is 9.89. The van der Waals surface area contributed by atoms with E-state index in [0.717, 1.165) is 25.7 Å². The molecule has 1 aromatic carbocycles. The van der Waals surface area contributed by atoms with E-state index in [1.165, 1.54) is 31.7 Å². The SMILES string of the molecule is COC(=O)c1ccc(S(=O)(=O)N(CCN(C)C)CC2CCCCC2)c(Cl)c1. The zero-order chi connectivity index (χ0) is 20.0. The summed E-state index contributed by atoms with van der Waals surface area (Å²) in [6.45, 7) is 1.54. The first-order chi connectivity index (χ1) is 12.8. The number of halogens is 1. The van der Waals surface area contributed by atoms with Gasteiger partial charge in [0.25, 0.3) is 0 Å². The van der Waals surface area contributed by atoms with Gasteiger partial charge in [0.15, 0.2) is 0 Å². The molecule has 0 aromatic heterocycles. The fraction of sp³-hybridized carbons (Fsp3) is 0.632. The van der Waals surface area contributed by atoms with Crippen molar-refractivity contribution in [1.82, 2.24) is 9.21 Å². The molecule has 1 aliphatic rings. The number of methoxy groups -OCH3 is 1. The Hall–Kier alpha value is -1.15. The summed E-state index contributed by atoms with van der Waals surface area (Å²) in [6, 6.07) is 4.19. The monoisotopic (exact) mass is 416 g/mol. The van der Waals surface area contributed by atoms with Crippen LogP contribution in [0.4, 0.5) is 0 Å². The molecule has 27 heavy (non-hydrogen) atoms. The van der Waals surface area contributed by atoms with E-state index in [0.29, 0.717) is 25.6 Å². The van der Waals surface area contributed by atoms with Crippen LogP contribution in [0.15, 0.2) is 23.1 Å². The fourth-order valence-electron chi connectivity index (χ4n) is 3.37. The van der Waals surface area contributed by atoms with Gasteiger partial charge < -0.3 is 9.64 Å². The molecule has 0 spiro atoms. The van der Waals surface area contributed by atoms with Crippen molar-refractivity contribution in [2.45, 2.75) is 37.0 Å². The largest absolute Gasteiger partial charge is 0.465 e. The number of ether oxygens (including phenoxy) is 1. The van der Waals surface area contributed by atoms with E-state index >= 15 is 0 Å². The summed E-state index contributed by atoms with van der Waals surface area (Å²) in [5.74, 6) is -0.170. The van der Waals surface area contributed by atoms with Crippen LogP contribution in [0.25, 0.3) is 0 Å². The number of likely N-dealkylation sites (N-methyl/N-ethyl adjacent to an activating group) is 1. The lowest BCUT2D eigenvalue weighted by molar-refractivity contribution is 0.0600. The van der Waals surface area contributed by atoms with Crippen LogP contribution in [0, 0.1) is 5.92 Å². The van der Waals surface area contributed by atoms with Crippen molar-refractivity contribution in [3.8, 4) is 0 Å². The van der Waals surface area contributed by atoms with Gasteiger partial charge in [-0.05, 0) is 51.1 Å². The molecule has 8 heteroatoms. The summed E-state index contributed by atoms with van der Waals surface area (Å²) in [7, 11) is 1.36. The highest BCUT2D eigenvalue weighted by molar-refractivity contribution is 7.89. The van der Waals surface area contributed by atoms with Gasteiger partial charge in [0.1, 0.15) is 4.90 Å². The Labute approximate surface area is 167 Å². The van der Waals surface area contributed by atoms with Crippen LogP contribution in [0.1, 0.15) is 42.5 Å². The molecule has 1 aromatic rings. The van der Waals surface area contributed by atoms with Gasteiger partial charge in [-0.25, -0.2) is 13.2 Å². The van der Waals surface area contributed by atoms with Crippen molar-refractivity contribution < 1.29 is 17.9 Å². The topological polar surface area (TPSA) is 66.9 Å². The summed E-state index contributed by atoms with van der Waals surface area (Å²) in [5, 5.41) is 0.0383. The second-order valence-corrected chi connectivity index (χ2v) is 9.62. The molecule has 0 N–H and O–H groups in total. The minimum absolute atomic E-state index is 0.0337. The highest BCUT2D eigenvalue weighted by atomic mass is 35.5. The maximum atomic E-state index is 13.3. The molecule has 0 heterocycles. The van der Waals surface area contributed by atoms with Crippen molar-refractivity contribution in [1.29, 1.82) is 0 Å². The average Bonchev–Trinajstić information content (AvgIpc) is 2.64. The van der Waals surface area contributed by atoms with E-state index in [4.69, 9.17) is 11.6 Å². The Balaban J connectivity index is 2.29. The van der Waals surface area contributed by atoms with E-state index in [2.05, 4.69) is 4.74 Å². The summed E-state index contributed by atoms with van der Waals surface area (Å²) < 4.78 is 32.8. The maximum absolute atomic E-state index is 13.3. The first-order valence-electron chi connectivity index (χ1n) is 9.28. The van der Waals surface area contributed by atoms with E-state index < -0.39 is 16.0 Å². The molecular formula is C19H29ClN2O4S. The van der Waals surface area contributed by atoms with E-state index in [1.807, 2.05) is 19.0 Å². The number of hydrogen-bond donors (Lipinski definition) is 0. The molecule has 6 nitrogen and oxygen atoms in total. The number of carbonyl (C=O) groups excluding carboxylic acids is 1. The van der Waals surface area contributed by atoms with Crippen LogP contribution < -0.4 is 0 Å². The van der Waals surface area contributed by atoms with Crippen molar-refractivity contribution in [2.75, 3.05) is 40.8 Å². The normalized spacial score (nSPS) is 16.1. The van der Waals surface area contributed by atoms with Gasteiger partial charge in [-0.3, -0.25) is 0 Å². The minimum atomic E-state index is -3.75. The van der Waals surface area contributed by atoms with Crippen molar-refractivity contribution in [2.24, 2.45) is 5.92 Å². The molecular weight excluding hydrogens is 388 g/mol. The highest BCUT2D eigenvalue weighted by Crippen LogP contribution is 2.30. The zero-order valence-corrected chi connectivity index (χ0v) is 17.9. The third-order valence-electron chi connectivity index (χ3n) is 4.95. The number of hydrogen-bond acceptors (Lipinski definition) is 5. The molecule has 1 aliphatic carbocycles. The second kappa shape index (κ2) is 9.87. The summed E-state index contributed by atoms with van der Waals surface area (Å²) in [6.07, 6.45) is 5.65. The molecule has 2 rings (SSSR count). The van der Waals surface area contributed by atoms with Gasteiger partial charge in [0.05, 0.1) is 17.7 Å². The molecule has 152 valence electrons. The summed E-state index contributed by atoms with van der Waals surface area (Å²) in [5.41, 5.74) is 0.230. The standard InChI is InChI=1S/C19H29ClN2O4S/c1-21(2)11-12-22(14-15-7-5-4-6-8-15)27(24,25)18-10-9-16(13-17(18)20)19(23)26-3/h9-10,13,15H,4-8,11-12,14H2,1-3H3. The van der Waals surface area contributed by atoms with Crippen LogP contribution in [0.3, 0.4) is 0 Å². The van der Waals surface area contributed by atoms with Gasteiger partial charge in [-0.15, -0.1) is 0 Å². The Morgan fingerprint density at radius 2 is 1.85 bits per heavy atom. The van der Waals surface area contributed by atoms with E-state index in [1.54, 1.807) is 4.31 Å². The fourth-order valence-corrected chi connectivity index (χ4v) is 5.40. The lowest BCUT2D eigenvalue weighted by Gasteiger charge is -2.30. The highest BCUT2D eigenvalue weighted by Gasteiger charge is 2.30. The number of sulfonamides is 1. The number of benzene rings is 1. The van der Waals surface area contributed by atoms with Crippen LogP contribution in [0.2, 0.25) is 5.02 Å². The number of carbonyl (C=O) groups is 1. The Morgan fingerprint density at radius 3 is 2.41 bits per heavy atom. The molecule has 1 fully saturated rings. The first kappa shape index (κ1) is 22.1. The molecule has 0 saturated heterocycles. The first-order valence-corrected chi connectivity index (χ1v) is 11.1. The predicted molar refractivity (Wildman–Crippen MR) is 107 cm³/mol. The average molecular weight is 417 g/mol. The quantitative estimate of drug-likeness (QED) is 0.608. The van der Waals surface area contributed by atoms with Gasteiger partial charge in [-0.1, -0.05) is 30.9 Å². The molecule has 0 aliphatic heterocycles. The van der Waals surface area contributed by atoms with Gasteiger partial charge in [-0.2, -0.15) is 4.31 Å². The number of nitrogens with zero attached hydrogens (tertiary/aromatic N) is 2. The minimum Gasteiger partial charge on any atom is -0.465 e. The Morgan fingerprint density at radius 1 is 1.19 bits per heavy atom. The molecule has 1 saturated carbocycles. The summed E-state index contributed by atoms with van der Waals surface area (Å²) in [4.78, 5) is 13.7. The Kier molecular flexibility index (Phi) is 8.09. The van der Waals surface area contributed by atoms with E-state index in [9.17, 15) is 13.2 Å². The third kappa shape index (κ3) is 5.91. The predicted octanol–water partition coefficient (Wildman–Crippen LogP) is 3.26. The molecule has 0 bridgehead atoms. The van der Waals surface area contributed by atoms with Crippen LogP contribution >= 0.6 is 11.6 Å². The zero-order valence-electron chi connectivity index (χ0n) is 16.3. The van der Waals surface area contributed by atoms with Gasteiger partial charge >= 0.3 is 5.97 Å². The number of esters is 1. The smallest absolute Gasteiger partial charge is 0.337 e. The van der Waals surface area contributed by atoms with Crippen molar-refractivity contribution in [3.05, 3.63) is 28.8 Å². The molecule has 0 radical (unpaired) electrons. The second-order valence-electron chi connectivity index (χ2n) is 7.31. The van der Waals surface area contributed by atoms with Gasteiger partial charge in [0.2, 0.25) is 10.0 Å². The van der Waals surface area contributed by atoms with Crippen LogP contribution in [-0.2, 0) is 14.8 Å².